The Morgan fingerprint density at radius 3 is 2.74 bits per heavy atom. The van der Waals surface area contributed by atoms with Gasteiger partial charge >= 0.3 is 6.18 Å². The minimum Gasteiger partial charge on any atom is -0.338 e. The number of alkyl halides is 3. The number of benzene rings is 1. The normalized spacial score (nSPS) is 15.6. The van der Waals surface area contributed by atoms with E-state index in [0.29, 0.717) is 18.5 Å². The highest BCUT2D eigenvalue weighted by Crippen LogP contribution is 2.24. The van der Waals surface area contributed by atoms with Gasteiger partial charge in [-0.15, -0.1) is 0 Å². The van der Waals surface area contributed by atoms with Crippen LogP contribution in [0, 0.1) is 3.57 Å². The van der Waals surface area contributed by atoms with Gasteiger partial charge in [-0.25, -0.2) is 0 Å². The van der Waals surface area contributed by atoms with E-state index in [2.05, 4.69) is 22.6 Å². The van der Waals surface area contributed by atoms with Crippen LogP contribution < -0.4 is 0 Å². The van der Waals surface area contributed by atoms with E-state index in [0.717, 1.165) is 9.13 Å². The molecule has 19 heavy (non-hydrogen) atoms. The first-order valence-corrected chi connectivity index (χ1v) is 7.09. The van der Waals surface area contributed by atoms with E-state index in [4.69, 9.17) is 0 Å². The minimum absolute atomic E-state index is 0.0332. The summed E-state index contributed by atoms with van der Waals surface area (Å²) in [5.41, 5.74) is 1.61. The molecule has 0 spiro atoms. The summed E-state index contributed by atoms with van der Waals surface area (Å²) >= 11 is 2.12. The van der Waals surface area contributed by atoms with Crippen LogP contribution in [-0.4, -0.2) is 30.1 Å². The van der Waals surface area contributed by atoms with Crippen molar-refractivity contribution < 1.29 is 18.0 Å². The molecule has 1 aromatic carbocycles. The molecule has 0 saturated heterocycles. The van der Waals surface area contributed by atoms with Crippen molar-refractivity contribution in [3.8, 4) is 0 Å². The summed E-state index contributed by atoms with van der Waals surface area (Å²) in [6, 6.07) is 5.65. The fraction of sp³-hybridized carbons (Fsp3) is 0.462. The van der Waals surface area contributed by atoms with Crippen molar-refractivity contribution in [2.45, 2.75) is 25.4 Å². The molecule has 104 valence electrons. The maximum Gasteiger partial charge on any atom is 0.389 e. The Morgan fingerprint density at radius 2 is 2.05 bits per heavy atom. The zero-order valence-corrected chi connectivity index (χ0v) is 12.3. The maximum atomic E-state index is 12.2. The number of halogens is 4. The van der Waals surface area contributed by atoms with Crippen molar-refractivity contribution in [1.29, 1.82) is 0 Å². The van der Waals surface area contributed by atoms with Crippen molar-refractivity contribution in [3.05, 3.63) is 32.9 Å². The lowest BCUT2D eigenvalue weighted by atomic mass is 9.99. The number of nitrogens with zero attached hydrogens (tertiary/aromatic N) is 1. The van der Waals surface area contributed by atoms with E-state index in [-0.39, 0.29) is 18.9 Å². The second-order valence-electron chi connectivity index (χ2n) is 4.56. The predicted octanol–water partition coefficient (Wildman–Crippen LogP) is 3.63. The Bertz CT molecular complexity index is 487. The average Bonchev–Trinajstić information content (AvgIpc) is 2.31. The third kappa shape index (κ3) is 3.84. The maximum absolute atomic E-state index is 12.2. The van der Waals surface area contributed by atoms with Crippen molar-refractivity contribution >= 4 is 28.5 Å². The van der Waals surface area contributed by atoms with Gasteiger partial charge in [-0.05, 0) is 53.1 Å². The van der Waals surface area contributed by atoms with Gasteiger partial charge in [0, 0.05) is 28.6 Å². The number of amides is 1. The number of rotatable bonds is 3. The monoisotopic (exact) mass is 383 g/mol. The Hall–Kier alpha value is -0.790. The van der Waals surface area contributed by atoms with Gasteiger partial charge in [0.2, 0.25) is 0 Å². The SMILES string of the molecule is O=C1c2cc(I)ccc2CCN1CCCC(F)(F)F. The average molecular weight is 383 g/mol. The third-order valence-electron chi connectivity index (χ3n) is 3.13. The number of hydrogen-bond acceptors (Lipinski definition) is 1. The second kappa shape index (κ2) is 5.68. The molecule has 0 bridgehead atoms. The molecule has 1 aliphatic rings. The highest BCUT2D eigenvalue weighted by atomic mass is 127. The van der Waals surface area contributed by atoms with Crippen LogP contribution in [-0.2, 0) is 6.42 Å². The lowest BCUT2D eigenvalue weighted by Crippen LogP contribution is -2.38. The predicted molar refractivity (Wildman–Crippen MR) is 74.1 cm³/mol. The smallest absolute Gasteiger partial charge is 0.338 e. The molecule has 0 atom stereocenters. The number of fused-ring (bicyclic) bond motifs is 1. The van der Waals surface area contributed by atoms with E-state index in [1.807, 2.05) is 12.1 Å². The van der Waals surface area contributed by atoms with Crippen LogP contribution in [0.3, 0.4) is 0 Å². The highest BCUT2D eigenvalue weighted by molar-refractivity contribution is 14.1. The molecule has 1 aliphatic heterocycles. The molecule has 1 heterocycles. The number of hydrogen-bond donors (Lipinski definition) is 0. The largest absolute Gasteiger partial charge is 0.389 e. The van der Waals surface area contributed by atoms with Gasteiger partial charge in [0.25, 0.3) is 5.91 Å². The number of carbonyl (C=O) groups excluding carboxylic acids is 1. The fourth-order valence-electron chi connectivity index (χ4n) is 2.18. The topological polar surface area (TPSA) is 20.3 Å². The molecule has 1 aromatic rings. The van der Waals surface area contributed by atoms with Gasteiger partial charge in [-0.1, -0.05) is 6.07 Å². The quantitative estimate of drug-likeness (QED) is 0.731. The van der Waals surface area contributed by atoms with Crippen molar-refractivity contribution in [2.24, 2.45) is 0 Å². The summed E-state index contributed by atoms with van der Waals surface area (Å²) in [6.07, 6.45) is -4.30. The lowest BCUT2D eigenvalue weighted by molar-refractivity contribution is -0.136. The molecule has 0 aromatic heterocycles. The van der Waals surface area contributed by atoms with Crippen molar-refractivity contribution in [2.75, 3.05) is 13.1 Å². The van der Waals surface area contributed by atoms with Crippen LogP contribution in [0.2, 0.25) is 0 Å². The Morgan fingerprint density at radius 1 is 1.32 bits per heavy atom. The molecular formula is C13H13F3INO. The minimum atomic E-state index is -4.15. The van der Waals surface area contributed by atoms with Crippen LogP contribution in [0.1, 0.15) is 28.8 Å². The zero-order chi connectivity index (χ0) is 14.0. The van der Waals surface area contributed by atoms with Crippen LogP contribution in [0.5, 0.6) is 0 Å². The summed E-state index contributed by atoms with van der Waals surface area (Å²) in [6.45, 7) is 0.674. The lowest BCUT2D eigenvalue weighted by Gasteiger charge is -2.28. The molecule has 0 radical (unpaired) electrons. The van der Waals surface area contributed by atoms with Gasteiger partial charge in [-0.3, -0.25) is 4.79 Å². The van der Waals surface area contributed by atoms with E-state index >= 15 is 0 Å². The van der Waals surface area contributed by atoms with E-state index in [1.54, 1.807) is 6.07 Å². The van der Waals surface area contributed by atoms with Crippen LogP contribution in [0.25, 0.3) is 0 Å². The molecule has 0 unspecified atom stereocenters. The van der Waals surface area contributed by atoms with Crippen LogP contribution in [0.4, 0.5) is 13.2 Å². The molecule has 2 nitrogen and oxygen atoms in total. The first kappa shape index (κ1) is 14.6. The van der Waals surface area contributed by atoms with E-state index < -0.39 is 12.6 Å². The molecule has 0 fully saturated rings. The summed E-state index contributed by atoms with van der Waals surface area (Å²) in [4.78, 5) is 13.7. The summed E-state index contributed by atoms with van der Waals surface area (Å²) in [5.74, 6) is -0.151. The van der Waals surface area contributed by atoms with Gasteiger partial charge < -0.3 is 4.90 Å². The molecular weight excluding hydrogens is 370 g/mol. The highest BCUT2D eigenvalue weighted by Gasteiger charge is 2.28. The Balaban J connectivity index is 2.01. The first-order chi connectivity index (χ1) is 8.87. The van der Waals surface area contributed by atoms with Crippen LogP contribution in [0.15, 0.2) is 18.2 Å². The summed E-state index contributed by atoms with van der Waals surface area (Å²) in [7, 11) is 0. The van der Waals surface area contributed by atoms with Gasteiger partial charge in [0.05, 0.1) is 0 Å². The molecule has 0 aliphatic carbocycles. The zero-order valence-electron chi connectivity index (χ0n) is 10.1. The van der Waals surface area contributed by atoms with Crippen molar-refractivity contribution in [3.63, 3.8) is 0 Å². The Labute approximate surface area is 123 Å². The van der Waals surface area contributed by atoms with Gasteiger partial charge in [0.1, 0.15) is 0 Å². The molecule has 1 amide bonds. The van der Waals surface area contributed by atoms with E-state index in [9.17, 15) is 18.0 Å². The standard InChI is InChI=1S/C13H13F3INO/c14-13(15,16)5-1-6-18-7-4-9-2-3-10(17)8-11(9)12(18)19/h2-3,8H,1,4-7H2. The first-order valence-electron chi connectivity index (χ1n) is 6.01. The fourth-order valence-corrected chi connectivity index (χ4v) is 2.67. The molecule has 0 N–H and O–H groups in total. The molecule has 0 saturated carbocycles. The molecule has 6 heteroatoms. The third-order valence-corrected chi connectivity index (χ3v) is 3.80. The second-order valence-corrected chi connectivity index (χ2v) is 5.81. The Kier molecular flexibility index (Phi) is 4.37. The van der Waals surface area contributed by atoms with Gasteiger partial charge in [0.15, 0.2) is 0 Å². The van der Waals surface area contributed by atoms with Crippen LogP contribution >= 0.6 is 22.6 Å². The number of carbonyl (C=O) groups is 1. The summed E-state index contributed by atoms with van der Waals surface area (Å²) in [5, 5.41) is 0. The molecule has 2 rings (SSSR count). The van der Waals surface area contributed by atoms with Gasteiger partial charge in [-0.2, -0.15) is 13.2 Å². The summed E-state index contributed by atoms with van der Waals surface area (Å²) < 4.78 is 37.2. The van der Waals surface area contributed by atoms with E-state index in [1.165, 1.54) is 4.90 Å². The van der Waals surface area contributed by atoms with Crippen molar-refractivity contribution in [1.82, 2.24) is 4.90 Å².